The number of aliphatic hydroxyl groups is 2. The first-order valence-electron chi connectivity index (χ1n) is 13.0. The smallest absolute Gasteiger partial charge is 0.871 e. The van der Waals surface area contributed by atoms with E-state index in [4.69, 9.17) is 0 Å². The Morgan fingerprint density at radius 3 is 1.88 bits per heavy atom. The summed E-state index contributed by atoms with van der Waals surface area (Å²) in [6.07, 6.45) is 15.8. The molecule has 184 valence electrons. The maximum absolute atomic E-state index is 11.2. The second-order valence-electron chi connectivity index (χ2n) is 10.1. The van der Waals surface area contributed by atoms with Crippen molar-refractivity contribution in [2.24, 2.45) is 11.8 Å². The molecule has 0 bridgehead atoms. The minimum absolute atomic E-state index is 0. The molecule has 3 heterocycles. The molecule has 1 aromatic carbocycles. The van der Waals surface area contributed by atoms with Gasteiger partial charge in [0.15, 0.2) is 0 Å². The van der Waals surface area contributed by atoms with E-state index in [0.29, 0.717) is 23.9 Å². The van der Waals surface area contributed by atoms with Crippen LogP contribution in [0.5, 0.6) is 5.75 Å². The van der Waals surface area contributed by atoms with Crippen molar-refractivity contribution >= 4 is 31.6 Å². The Labute approximate surface area is 218 Å². The Hall–Kier alpha value is -0.964. The van der Waals surface area contributed by atoms with Crippen LogP contribution >= 0.6 is 0 Å². The number of hydrogen-bond donors (Lipinski definition) is 3. The van der Waals surface area contributed by atoms with Gasteiger partial charge >= 0.3 is 19.8 Å². The summed E-state index contributed by atoms with van der Waals surface area (Å²) in [6.45, 7) is 2.72. The Morgan fingerprint density at radius 2 is 1.35 bits per heavy atom. The number of nitrogens with one attached hydrogen (secondary N) is 1. The molecule has 1 aromatic rings. The first kappa shape index (κ1) is 27.6. The fourth-order valence-corrected chi connectivity index (χ4v) is 6.07. The van der Waals surface area contributed by atoms with Crippen molar-refractivity contribution in [1.29, 1.82) is 0 Å². The molecule has 2 saturated heterocycles. The van der Waals surface area contributed by atoms with Crippen LogP contribution in [0.4, 0.5) is 5.69 Å². The molecule has 6 nitrogen and oxygen atoms in total. The van der Waals surface area contributed by atoms with E-state index in [-0.39, 0.29) is 37.7 Å². The van der Waals surface area contributed by atoms with Crippen LogP contribution in [-0.4, -0.2) is 73.9 Å². The Kier molecular flexibility index (Phi) is 11.3. The van der Waals surface area contributed by atoms with Gasteiger partial charge in [0.25, 0.3) is 0 Å². The van der Waals surface area contributed by atoms with Crippen LogP contribution in [0.3, 0.4) is 0 Å². The average Bonchev–Trinajstić information content (AvgIpc) is 2.86. The molecular weight excluding hydrogens is 484 g/mol. The van der Waals surface area contributed by atoms with Crippen LogP contribution in [0.15, 0.2) is 24.3 Å². The fraction of sp³-hybridized carbons (Fsp3) is 0.704. The predicted octanol–water partition coefficient (Wildman–Crippen LogP) is 4.19. The van der Waals surface area contributed by atoms with Crippen molar-refractivity contribution in [3.63, 3.8) is 0 Å². The molecule has 0 aromatic heterocycles. The second kappa shape index (κ2) is 13.9. The van der Waals surface area contributed by atoms with Crippen molar-refractivity contribution in [1.82, 2.24) is 0 Å². The van der Waals surface area contributed by atoms with Gasteiger partial charge in [0.05, 0.1) is 0 Å². The zero-order chi connectivity index (χ0) is 23.0. The van der Waals surface area contributed by atoms with E-state index in [2.05, 4.69) is 16.0 Å². The number of nitrogens with zero attached hydrogens (tertiary/aromatic N) is 2. The van der Waals surface area contributed by atoms with E-state index in [1.54, 1.807) is 12.1 Å². The number of aliphatic hydroxyl groups excluding tert-OH is 2. The topological polar surface area (TPSA) is 104 Å². The average molecular weight is 524 g/mol. The molecule has 3 aliphatic heterocycles. The molecule has 34 heavy (non-hydrogen) atoms. The van der Waals surface area contributed by atoms with Gasteiger partial charge < -0.3 is 31.3 Å². The maximum atomic E-state index is 11.2. The molecule has 0 spiro atoms. The number of benzene rings is 1. The third-order valence-electron chi connectivity index (χ3n) is 7.80. The number of piperidine rings is 2. The third-order valence-corrected chi connectivity index (χ3v) is 7.80. The molecule has 3 N–H and O–H groups in total. The molecule has 6 unspecified atom stereocenters. The molecule has 7 heteroatoms. The standard InChI is InChI=1S/2C9H16NO.C9H9NO.Ga/c3*11-8-5-1-3-7-4-2-6-10-9(7)8;/h2*7-9,11H,1-6H2;1-5,10-11H,6H2;/q2*-1;;+3/p-1. The van der Waals surface area contributed by atoms with Gasteiger partial charge in [-0.2, -0.15) is 0 Å². The largest absolute Gasteiger partial charge is 3.00 e. The van der Waals surface area contributed by atoms with E-state index < -0.39 is 0 Å². The zero-order valence-corrected chi connectivity index (χ0v) is 22.7. The first-order valence-corrected chi connectivity index (χ1v) is 13.0. The van der Waals surface area contributed by atoms with E-state index >= 15 is 0 Å². The van der Waals surface area contributed by atoms with Gasteiger partial charge in [-0.1, -0.05) is 99.3 Å². The molecule has 6 atom stereocenters. The van der Waals surface area contributed by atoms with Crippen molar-refractivity contribution in [3.05, 3.63) is 40.5 Å². The Morgan fingerprint density at radius 1 is 0.794 bits per heavy atom. The van der Waals surface area contributed by atoms with E-state index in [9.17, 15) is 15.3 Å². The summed E-state index contributed by atoms with van der Waals surface area (Å²) in [7, 11) is 0. The monoisotopic (exact) mass is 523 g/mol. The number of fused-ring (bicyclic) bond motifs is 3. The van der Waals surface area contributed by atoms with Gasteiger partial charge in [0.1, 0.15) is 0 Å². The zero-order valence-electron chi connectivity index (χ0n) is 20.3. The van der Waals surface area contributed by atoms with Crippen molar-refractivity contribution in [2.75, 3.05) is 25.0 Å². The molecule has 2 saturated carbocycles. The molecule has 4 fully saturated rings. The first-order chi connectivity index (χ1) is 16.1. The van der Waals surface area contributed by atoms with Crippen LogP contribution in [0.2, 0.25) is 0 Å². The second-order valence-corrected chi connectivity index (χ2v) is 10.1. The quantitative estimate of drug-likeness (QED) is 0.443. The Balaban J connectivity index is 0.000000141. The van der Waals surface area contributed by atoms with E-state index in [0.717, 1.165) is 43.7 Å². The predicted molar refractivity (Wildman–Crippen MR) is 138 cm³/mol. The molecular formula is C27H40GaN3O3. The molecule has 0 amide bonds. The van der Waals surface area contributed by atoms with Crippen molar-refractivity contribution < 1.29 is 15.3 Å². The van der Waals surface area contributed by atoms with Gasteiger partial charge in [-0.15, -0.1) is 25.2 Å². The summed E-state index contributed by atoms with van der Waals surface area (Å²) in [5.41, 5.74) is 1.72. The van der Waals surface area contributed by atoms with Crippen LogP contribution in [0, 0.1) is 11.8 Å². The molecule has 0 radical (unpaired) electrons. The van der Waals surface area contributed by atoms with Gasteiger partial charge in [-0.05, 0) is 18.4 Å². The number of hydrogen-bond acceptors (Lipinski definition) is 4. The summed E-state index contributed by atoms with van der Waals surface area (Å²) < 4.78 is 0. The van der Waals surface area contributed by atoms with Gasteiger partial charge in [-0.3, -0.25) is 0 Å². The summed E-state index contributed by atoms with van der Waals surface area (Å²) >= 11 is 0. The maximum Gasteiger partial charge on any atom is 3.00 e. The van der Waals surface area contributed by atoms with Crippen LogP contribution in [0.1, 0.15) is 69.8 Å². The fourth-order valence-electron chi connectivity index (χ4n) is 6.07. The van der Waals surface area contributed by atoms with E-state index in [1.165, 1.54) is 51.4 Å². The van der Waals surface area contributed by atoms with Crippen LogP contribution in [-0.2, 0) is 0 Å². The molecule has 2 aliphatic carbocycles. The summed E-state index contributed by atoms with van der Waals surface area (Å²) in [4.78, 5) is 0. The van der Waals surface area contributed by atoms with Gasteiger partial charge in [0.2, 0.25) is 0 Å². The number of anilines is 1. The molecule has 6 rings (SSSR count). The normalized spacial score (nSPS) is 33.6. The SMILES string of the molecule is OC1CCCC2CCC[N-]C12.OC1CCCC2CCC[N-]C12.[Ga+3].[O-]c1cccc2c1NCC=C2. The molecule has 5 aliphatic rings. The van der Waals surface area contributed by atoms with Crippen LogP contribution < -0.4 is 10.4 Å². The van der Waals surface area contributed by atoms with Gasteiger partial charge in [0, 0.05) is 24.4 Å². The van der Waals surface area contributed by atoms with Crippen molar-refractivity contribution in [3.8, 4) is 5.75 Å². The number of para-hydroxylation sites is 1. The minimum Gasteiger partial charge on any atom is -0.871 e. The summed E-state index contributed by atoms with van der Waals surface area (Å²) in [6, 6.07) is 5.89. The van der Waals surface area contributed by atoms with E-state index in [1.807, 2.05) is 18.2 Å². The van der Waals surface area contributed by atoms with Crippen LogP contribution in [0.25, 0.3) is 16.7 Å². The Bertz CT molecular complexity index is 741. The summed E-state index contributed by atoms with van der Waals surface area (Å²) in [5, 5.41) is 42.4. The number of rotatable bonds is 0. The van der Waals surface area contributed by atoms with Crippen molar-refractivity contribution in [2.45, 2.75) is 88.5 Å². The third kappa shape index (κ3) is 7.28. The minimum atomic E-state index is -0.117. The van der Waals surface area contributed by atoms with Gasteiger partial charge in [-0.25, -0.2) is 0 Å². The summed E-state index contributed by atoms with van der Waals surface area (Å²) in [5.74, 6) is 1.51.